The number of aryl methyl sites for hydroxylation is 1. The number of Topliss-reactive ketones (excluding diaryl/α,β-unsaturated/α-hetero) is 1. The normalized spacial score (nSPS) is 12.2. The summed E-state index contributed by atoms with van der Waals surface area (Å²) in [4.78, 5) is 10.7. The van der Waals surface area contributed by atoms with Gasteiger partial charge in [-0.3, -0.25) is 4.79 Å². The maximum absolute atomic E-state index is 13.0. The fourth-order valence-corrected chi connectivity index (χ4v) is 1.75. The summed E-state index contributed by atoms with van der Waals surface area (Å²) in [6, 6.07) is 7.49. The first-order valence-corrected chi connectivity index (χ1v) is 5.63. The highest BCUT2D eigenvalue weighted by Gasteiger charge is 2.10. The molecule has 0 radical (unpaired) electrons. The molecule has 0 spiro atoms. The van der Waals surface area contributed by atoms with Crippen LogP contribution in [0.5, 0.6) is 0 Å². The van der Waals surface area contributed by atoms with Gasteiger partial charge in [0.25, 0.3) is 0 Å². The Hall–Kier alpha value is -1.16. The van der Waals surface area contributed by atoms with Crippen molar-refractivity contribution in [3.05, 3.63) is 45.9 Å². The lowest BCUT2D eigenvalue weighted by molar-refractivity contribution is -0.115. The highest BCUT2D eigenvalue weighted by molar-refractivity contribution is 9.10. The van der Waals surface area contributed by atoms with Crippen LogP contribution in [-0.2, 0) is 11.2 Å². The number of hydrogen-bond acceptors (Lipinski definition) is 2. The van der Waals surface area contributed by atoms with E-state index in [9.17, 15) is 14.3 Å². The maximum Gasteiger partial charge on any atom is 0.202 e. The van der Waals surface area contributed by atoms with Gasteiger partial charge in [-0.05, 0) is 18.1 Å². The minimum Gasteiger partial charge on any atom is -0.509 e. The molecule has 1 aromatic carbocycles. The lowest BCUT2D eigenvalue weighted by atomic mass is 10.1. The van der Waals surface area contributed by atoms with Crippen LogP contribution < -0.4 is 0 Å². The highest BCUT2D eigenvalue weighted by Crippen LogP contribution is 2.19. The molecular weight excluding hydrogens is 275 g/mol. The molecule has 86 valence electrons. The first-order chi connectivity index (χ1) is 7.52. The predicted octanol–water partition coefficient (Wildman–Crippen LogP) is 3.71. The fourth-order valence-electron chi connectivity index (χ4n) is 1.27. The molecule has 0 saturated carbocycles. The van der Waals surface area contributed by atoms with Crippen LogP contribution >= 0.6 is 15.9 Å². The molecule has 1 rings (SSSR count). The number of hydrogen-bond donors (Lipinski definition) is 1. The van der Waals surface area contributed by atoms with Crippen LogP contribution in [0.4, 0.5) is 4.39 Å². The fraction of sp³-hybridized carbons (Fsp3) is 0.250. The molecule has 0 aliphatic rings. The van der Waals surface area contributed by atoms with E-state index in [0.717, 1.165) is 17.0 Å². The molecule has 0 heterocycles. The Bertz CT molecular complexity index is 427. The lowest BCUT2D eigenvalue weighted by Gasteiger charge is -2.04. The summed E-state index contributed by atoms with van der Waals surface area (Å²) in [6.07, 6.45) is 0.599. The van der Waals surface area contributed by atoms with Gasteiger partial charge in [0, 0.05) is 17.8 Å². The van der Waals surface area contributed by atoms with Crippen molar-refractivity contribution < 1.29 is 14.3 Å². The Labute approximate surface area is 102 Å². The molecule has 1 N–H and O–H groups in total. The second kappa shape index (κ2) is 5.80. The van der Waals surface area contributed by atoms with E-state index in [1.165, 1.54) is 0 Å². The molecule has 4 heteroatoms. The van der Waals surface area contributed by atoms with Crippen molar-refractivity contribution in [1.29, 1.82) is 0 Å². The van der Waals surface area contributed by atoms with E-state index < -0.39 is 17.4 Å². The van der Waals surface area contributed by atoms with Crippen LogP contribution in [0.3, 0.4) is 0 Å². The minimum atomic E-state index is -1.05. The van der Waals surface area contributed by atoms with E-state index in [0.29, 0.717) is 6.42 Å². The highest BCUT2D eigenvalue weighted by atomic mass is 79.9. The summed E-state index contributed by atoms with van der Waals surface area (Å²) in [6.45, 7) is 1.09. The summed E-state index contributed by atoms with van der Waals surface area (Å²) >= 11 is 3.35. The van der Waals surface area contributed by atoms with E-state index >= 15 is 0 Å². The smallest absolute Gasteiger partial charge is 0.202 e. The number of ketones is 1. The Morgan fingerprint density at radius 2 is 2.06 bits per heavy atom. The van der Waals surface area contributed by atoms with Gasteiger partial charge in [0.2, 0.25) is 5.83 Å². The van der Waals surface area contributed by atoms with Gasteiger partial charge in [-0.1, -0.05) is 34.1 Å². The van der Waals surface area contributed by atoms with Crippen molar-refractivity contribution in [1.82, 2.24) is 0 Å². The van der Waals surface area contributed by atoms with Crippen LogP contribution in [0.15, 0.2) is 40.3 Å². The largest absolute Gasteiger partial charge is 0.509 e. The van der Waals surface area contributed by atoms with Crippen molar-refractivity contribution >= 4 is 21.7 Å². The van der Waals surface area contributed by atoms with Gasteiger partial charge >= 0.3 is 0 Å². The van der Waals surface area contributed by atoms with E-state index in [1.807, 2.05) is 24.3 Å². The molecular formula is C12H12BrFO2. The molecule has 0 atom stereocenters. The monoisotopic (exact) mass is 286 g/mol. The zero-order chi connectivity index (χ0) is 12.1. The number of halogens is 2. The Kier molecular flexibility index (Phi) is 4.68. The summed E-state index contributed by atoms with van der Waals surface area (Å²) < 4.78 is 13.9. The quantitative estimate of drug-likeness (QED) is 0.677. The van der Waals surface area contributed by atoms with Crippen molar-refractivity contribution in [3.63, 3.8) is 0 Å². The molecule has 2 nitrogen and oxygen atoms in total. The second-order valence-electron chi connectivity index (χ2n) is 3.41. The van der Waals surface area contributed by atoms with Crippen molar-refractivity contribution in [2.45, 2.75) is 19.8 Å². The first kappa shape index (κ1) is 12.9. The maximum atomic E-state index is 13.0. The molecule has 0 aliphatic carbocycles. The topological polar surface area (TPSA) is 37.3 Å². The Morgan fingerprint density at radius 3 is 2.62 bits per heavy atom. The number of carbonyl (C=O) groups excluding carboxylic acids is 1. The number of aliphatic hydroxyl groups is 1. The zero-order valence-corrected chi connectivity index (χ0v) is 10.4. The molecule has 0 bridgehead atoms. The standard InChI is InChI=1S/C12H12BrFO2/c1-8(15)12(14)11(16)7-6-9-4-2-3-5-10(9)13/h2-5,16H,6-7H2,1H3. The van der Waals surface area contributed by atoms with Crippen molar-refractivity contribution in [2.24, 2.45) is 0 Å². The van der Waals surface area contributed by atoms with E-state index in [1.54, 1.807) is 0 Å². The van der Waals surface area contributed by atoms with Crippen LogP contribution in [0.2, 0.25) is 0 Å². The SMILES string of the molecule is CC(=O)C(F)=C(O)CCc1ccccc1Br. The Morgan fingerprint density at radius 1 is 1.44 bits per heavy atom. The van der Waals surface area contributed by atoms with Crippen LogP contribution in [0, 0.1) is 0 Å². The molecule has 0 amide bonds. The van der Waals surface area contributed by atoms with Gasteiger partial charge in [-0.2, -0.15) is 4.39 Å². The Balaban J connectivity index is 2.69. The summed E-state index contributed by atoms with van der Waals surface area (Å²) in [5.74, 6) is -2.28. The number of carbonyl (C=O) groups is 1. The molecule has 0 aromatic heterocycles. The van der Waals surface area contributed by atoms with E-state index in [2.05, 4.69) is 15.9 Å². The van der Waals surface area contributed by atoms with Crippen LogP contribution in [0.1, 0.15) is 18.9 Å². The average molecular weight is 287 g/mol. The minimum absolute atomic E-state index is 0.119. The first-order valence-electron chi connectivity index (χ1n) is 4.84. The lowest BCUT2D eigenvalue weighted by Crippen LogP contribution is -1.98. The molecule has 0 aliphatic heterocycles. The number of aliphatic hydroxyl groups excluding tert-OH is 1. The van der Waals surface area contributed by atoms with E-state index in [4.69, 9.17) is 0 Å². The average Bonchev–Trinajstić information content (AvgIpc) is 2.26. The summed E-state index contributed by atoms with van der Waals surface area (Å²) in [5.41, 5.74) is 0.963. The third-order valence-electron chi connectivity index (χ3n) is 2.15. The second-order valence-corrected chi connectivity index (χ2v) is 4.26. The number of rotatable bonds is 4. The van der Waals surface area contributed by atoms with Gasteiger partial charge in [0.05, 0.1) is 0 Å². The van der Waals surface area contributed by atoms with Gasteiger partial charge in [-0.25, -0.2) is 0 Å². The van der Waals surface area contributed by atoms with Gasteiger partial charge in [0.15, 0.2) is 5.78 Å². The van der Waals surface area contributed by atoms with Gasteiger partial charge < -0.3 is 5.11 Å². The van der Waals surface area contributed by atoms with Crippen LogP contribution in [0.25, 0.3) is 0 Å². The third kappa shape index (κ3) is 3.45. The molecule has 0 unspecified atom stereocenters. The summed E-state index contributed by atoms with van der Waals surface area (Å²) in [7, 11) is 0. The van der Waals surface area contributed by atoms with Crippen molar-refractivity contribution in [3.8, 4) is 0 Å². The summed E-state index contributed by atoms with van der Waals surface area (Å²) in [5, 5.41) is 9.31. The van der Waals surface area contributed by atoms with Crippen LogP contribution in [-0.4, -0.2) is 10.9 Å². The molecule has 0 saturated heterocycles. The zero-order valence-electron chi connectivity index (χ0n) is 8.84. The predicted molar refractivity (Wildman–Crippen MR) is 63.9 cm³/mol. The van der Waals surface area contributed by atoms with Crippen molar-refractivity contribution in [2.75, 3.05) is 0 Å². The third-order valence-corrected chi connectivity index (χ3v) is 2.93. The number of benzene rings is 1. The number of allylic oxidation sites excluding steroid dienone is 2. The molecule has 0 fully saturated rings. The molecule has 16 heavy (non-hydrogen) atoms. The van der Waals surface area contributed by atoms with E-state index in [-0.39, 0.29) is 6.42 Å². The van der Waals surface area contributed by atoms with Gasteiger partial charge in [0.1, 0.15) is 5.76 Å². The molecule has 1 aromatic rings. The van der Waals surface area contributed by atoms with Gasteiger partial charge in [-0.15, -0.1) is 0 Å².